The van der Waals surface area contributed by atoms with E-state index < -0.39 is 16.1 Å². The molecule has 0 saturated carbocycles. The summed E-state index contributed by atoms with van der Waals surface area (Å²) in [5, 5.41) is 5.59. The van der Waals surface area contributed by atoms with E-state index in [0.29, 0.717) is 44.4 Å². The number of carbonyl (C=O) groups excluding carboxylic acids is 2. The molecule has 3 aliphatic heterocycles. The van der Waals surface area contributed by atoms with Crippen LogP contribution in [0.3, 0.4) is 0 Å². The van der Waals surface area contributed by atoms with Gasteiger partial charge in [0.25, 0.3) is 0 Å². The molecule has 2 saturated heterocycles. The van der Waals surface area contributed by atoms with Crippen LogP contribution in [0.2, 0.25) is 5.02 Å². The minimum Gasteiger partial charge on any atom is -0.378 e. The first kappa shape index (κ1) is 23.0. The van der Waals surface area contributed by atoms with Crippen molar-refractivity contribution in [3.63, 3.8) is 0 Å². The second kappa shape index (κ2) is 10.1. The van der Waals surface area contributed by atoms with Gasteiger partial charge in [-0.25, -0.2) is 13.6 Å². The maximum atomic E-state index is 11.8. The van der Waals surface area contributed by atoms with Crippen LogP contribution in [0.5, 0.6) is 0 Å². The second-order valence-electron chi connectivity index (χ2n) is 7.38. The normalized spacial score (nSPS) is 21.3. The van der Waals surface area contributed by atoms with Gasteiger partial charge in [-0.3, -0.25) is 9.59 Å². The van der Waals surface area contributed by atoms with Gasteiger partial charge < -0.3 is 19.3 Å². The van der Waals surface area contributed by atoms with Crippen LogP contribution in [0.1, 0.15) is 30.1 Å². The number of halogens is 1. The zero-order valence-electron chi connectivity index (χ0n) is 16.6. The Kier molecular flexibility index (Phi) is 7.70. The zero-order valence-corrected chi connectivity index (χ0v) is 18.2. The number of nitrogens with two attached hydrogens (primary N) is 1. The number of primary sulfonamides is 1. The number of ether oxygens (including phenoxy) is 2. The van der Waals surface area contributed by atoms with Crippen LogP contribution in [0.25, 0.3) is 0 Å². The molecule has 1 aromatic carbocycles. The molecule has 2 N–H and O–H groups in total. The number of amides is 2. The van der Waals surface area contributed by atoms with E-state index in [0.717, 1.165) is 24.1 Å². The van der Waals surface area contributed by atoms with E-state index in [1.165, 1.54) is 0 Å². The average molecular weight is 460 g/mol. The molecule has 9 nitrogen and oxygen atoms in total. The number of rotatable bonds is 4. The van der Waals surface area contributed by atoms with E-state index in [1.54, 1.807) is 28.0 Å². The lowest BCUT2D eigenvalue weighted by Gasteiger charge is -2.28. The van der Waals surface area contributed by atoms with Crippen molar-refractivity contribution in [2.75, 3.05) is 45.1 Å². The Labute approximate surface area is 181 Å². The number of benzene rings is 1. The van der Waals surface area contributed by atoms with Gasteiger partial charge in [0.05, 0.1) is 38.2 Å². The minimum atomic E-state index is -3.52. The van der Waals surface area contributed by atoms with Gasteiger partial charge in [-0.1, -0.05) is 17.7 Å². The number of carbonyl (C=O) groups is 2. The Morgan fingerprint density at radius 1 is 1.23 bits per heavy atom. The first-order chi connectivity index (χ1) is 14.2. The number of morpholine rings is 1. The predicted octanol–water partition coefficient (Wildman–Crippen LogP) is 0.667. The molecule has 166 valence electrons. The minimum absolute atomic E-state index is 0.0496. The number of hydrogen-bond acceptors (Lipinski definition) is 6. The van der Waals surface area contributed by atoms with Crippen LogP contribution in [-0.2, 0) is 35.7 Å². The van der Waals surface area contributed by atoms with Crippen LogP contribution in [-0.4, -0.2) is 75.2 Å². The lowest BCUT2D eigenvalue weighted by Crippen LogP contribution is -2.46. The quantitative estimate of drug-likeness (QED) is 0.706. The molecule has 3 aliphatic rings. The highest BCUT2D eigenvalue weighted by Gasteiger charge is 2.27. The third-order valence-electron chi connectivity index (χ3n) is 5.14. The number of nitrogens with zero attached hydrogens (tertiary/aromatic N) is 2. The van der Waals surface area contributed by atoms with E-state index in [4.69, 9.17) is 26.2 Å². The summed E-state index contributed by atoms with van der Waals surface area (Å²) < 4.78 is 32.4. The lowest BCUT2D eigenvalue weighted by molar-refractivity contribution is -0.141. The monoisotopic (exact) mass is 459 g/mol. The van der Waals surface area contributed by atoms with Gasteiger partial charge in [0.1, 0.15) is 0 Å². The van der Waals surface area contributed by atoms with Gasteiger partial charge in [-0.15, -0.1) is 0 Å². The summed E-state index contributed by atoms with van der Waals surface area (Å²) >= 11 is 5.81. The number of sulfonamides is 1. The van der Waals surface area contributed by atoms with Gasteiger partial charge in [0, 0.05) is 31.1 Å². The Morgan fingerprint density at radius 3 is 2.60 bits per heavy atom. The predicted molar refractivity (Wildman–Crippen MR) is 110 cm³/mol. The average Bonchev–Trinajstić information content (AvgIpc) is 3.27. The highest BCUT2D eigenvalue weighted by Crippen LogP contribution is 2.32. The van der Waals surface area contributed by atoms with Crippen LogP contribution < -0.4 is 5.14 Å². The maximum absolute atomic E-state index is 11.8. The molecule has 30 heavy (non-hydrogen) atoms. The van der Waals surface area contributed by atoms with Crippen LogP contribution in [0.4, 0.5) is 0 Å². The largest absolute Gasteiger partial charge is 0.378 e. The van der Waals surface area contributed by atoms with Gasteiger partial charge in [-0.05, 0) is 29.7 Å². The van der Waals surface area contributed by atoms with Crippen molar-refractivity contribution >= 4 is 33.4 Å². The number of likely N-dealkylation sites (tertiary alicyclic amines) is 1. The summed E-state index contributed by atoms with van der Waals surface area (Å²) in [6, 6.07) is 5.27. The SMILES string of the molecule is NS(=O)(=O)CC1OCc2cc(Cl)ccc21.O=C(CN1CCCC1=O)N1CCOCC1. The van der Waals surface area contributed by atoms with Crippen LogP contribution in [0, 0.1) is 0 Å². The maximum Gasteiger partial charge on any atom is 0.242 e. The molecule has 1 unspecified atom stereocenters. The fraction of sp³-hybridized carbons (Fsp3) is 0.579. The molecule has 1 atom stereocenters. The lowest BCUT2D eigenvalue weighted by atomic mass is 10.1. The van der Waals surface area contributed by atoms with Crippen LogP contribution >= 0.6 is 11.6 Å². The van der Waals surface area contributed by atoms with Gasteiger partial charge in [0.2, 0.25) is 21.8 Å². The van der Waals surface area contributed by atoms with Crippen molar-refractivity contribution in [1.29, 1.82) is 0 Å². The topological polar surface area (TPSA) is 119 Å². The smallest absolute Gasteiger partial charge is 0.242 e. The molecule has 2 amide bonds. The van der Waals surface area contributed by atoms with Gasteiger partial charge in [0.15, 0.2) is 0 Å². The second-order valence-corrected chi connectivity index (χ2v) is 9.48. The van der Waals surface area contributed by atoms with Gasteiger partial charge in [-0.2, -0.15) is 0 Å². The van der Waals surface area contributed by atoms with E-state index in [9.17, 15) is 18.0 Å². The number of fused-ring (bicyclic) bond motifs is 1. The van der Waals surface area contributed by atoms with Crippen molar-refractivity contribution < 1.29 is 27.5 Å². The summed E-state index contributed by atoms with van der Waals surface area (Å²) in [4.78, 5) is 26.5. The summed E-state index contributed by atoms with van der Waals surface area (Å²) in [5.41, 5.74) is 1.78. The number of hydrogen-bond donors (Lipinski definition) is 1. The first-order valence-electron chi connectivity index (χ1n) is 9.76. The van der Waals surface area contributed by atoms with E-state index in [-0.39, 0.29) is 24.1 Å². The van der Waals surface area contributed by atoms with Crippen molar-refractivity contribution in [1.82, 2.24) is 9.80 Å². The fourth-order valence-corrected chi connectivity index (χ4v) is 4.48. The first-order valence-corrected chi connectivity index (χ1v) is 11.9. The molecular formula is C19H26ClN3O6S. The highest BCUT2D eigenvalue weighted by atomic mass is 35.5. The van der Waals surface area contributed by atoms with Crippen molar-refractivity contribution in [2.45, 2.75) is 25.6 Å². The summed E-state index contributed by atoms with van der Waals surface area (Å²) in [6.45, 7) is 3.89. The Balaban J connectivity index is 0.000000171. The standard InChI is InChI=1S/C10H16N2O3.C9H10ClNO3S/c13-9-2-1-3-12(9)8-10(14)11-4-6-15-7-5-11;10-7-1-2-8-6(3-7)4-14-9(8)5-15(11,12)13/h1-8H2;1-3,9H,4-5H2,(H2,11,12,13). The van der Waals surface area contributed by atoms with Gasteiger partial charge >= 0.3 is 0 Å². The molecule has 3 heterocycles. The summed E-state index contributed by atoms with van der Waals surface area (Å²) in [6.07, 6.45) is 1.01. The molecule has 1 aromatic rings. The zero-order chi connectivity index (χ0) is 21.7. The Morgan fingerprint density at radius 2 is 1.97 bits per heavy atom. The Hall–Kier alpha value is -1.72. The molecule has 2 fully saturated rings. The molecule has 0 radical (unpaired) electrons. The van der Waals surface area contributed by atoms with Crippen LogP contribution in [0.15, 0.2) is 18.2 Å². The highest BCUT2D eigenvalue weighted by molar-refractivity contribution is 7.89. The summed E-state index contributed by atoms with van der Waals surface area (Å²) in [7, 11) is -3.52. The molecule has 4 rings (SSSR count). The third kappa shape index (κ3) is 6.39. The van der Waals surface area contributed by atoms with E-state index in [2.05, 4.69) is 0 Å². The fourth-order valence-electron chi connectivity index (χ4n) is 3.59. The third-order valence-corrected chi connectivity index (χ3v) is 6.14. The molecule has 0 aliphatic carbocycles. The van der Waals surface area contributed by atoms with Crippen molar-refractivity contribution in [2.24, 2.45) is 5.14 Å². The van der Waals surface area contributed by atoms with E-state index >= 15 is 0 Å². The molecule has 0 aromatic heterocycles. The Bertz CT molecular complexity index is 888. The summed E-state index contributed by atoms with van der Waals surface area (Å²) in [5.74, 6) is -0.0353. The molecule has 11 heteroatoms. The van der Waals surface area contributed by atoms with Crippen molar-refractivity contribution in [3.8, 4) is 0 Å². The molecule has 0 spiro atoms. The van der Waals surface area contributed by atoms with E-state index in [1.807, 2.05) is 0 Å². The molecular weight excluding hydrogens is 434 g/mol. The molecule has 0 bridgehead atoms. The van der Waals surface area contributed by atoms with Crippen molar-refractivity contribution in [3.05, 3.63) is 34.3 Å².